The molecule has 0 atom stereocenters. The lowest BCUT2D eigenvalue weighted by Gasteiger charge is -2.14. The van der Waals surface area contributed by atoms with Crippen LogP contribution in [0.2, 0.25) is 0 Å². The fourth-order valence-electron chi connectivity index (χ4n) is 2.26. The summed E-state index contributed by atoms with van der Waals surface area (Å²) in [5, 5.41) is 5.13. The van der Waals surface area contributed by atoms with Crippen molar-refractivity contribution in [3.05, 3.63) is 42.2 Å². The second kappa shape index (κ2) is 7.08. The lowest BCUT2D eigenvalue weighted by atomic mass is 10.0. The lowest BCUT2D eigenvalue weighted by molar-refractivity contribution is 0.316. The van der Waals surface area contributed by atoms with Gasteiger partial charge in [0.25, 0.3) is 10.1 Å². The van der Waals surface area contributed by atoms with Crippen molar-refractivity contribution in [3.63, 3.8) is 0 Å². The number of benzene rings is 2. The number of hydrogen-bond donors (Lipinski definition) is 2. The Labute approximate surface area is 145 Å². The Kier molecular flexibility index (Phi) is 5.47. The molecule has 2 aromatic carbocycles. The van der Waals surface area contributed by atoms with Crippen LogP contribution in [0.15, 0.2) is 46.2 Å². The molecule has 0 amide bonds. The molecule has 2 aromatic rings. The van der Waals surface area contributed by atoms with Crippen LogP contribution in [0.4, 0.5) is 4.39 Å². The molecule has 0 bridgehead atoms. The molecule has 3 N–H and O–H groups in total. The summed E-state index contributed by atoms with van der Waals surface area (Å²) in [4.78, 5) is -1.26. The van der Waals surface area contributed by atoms with Crippen molar-refractivity contribution in [2.75, 3.05) is 6.61 Å². The fourth-order valence-corrected chi connectivity index (χ4v) is 3.84. The molecule has 136 valence electrons. The maximum atomic E-state index is 13.9. The predicted octanol–water partition coefficient (Wildman–Crippen LogP) is 2.18. The predicted molar refractivity (Wildman–Crippen MR) is 88.8 cm³/mol. The zero-order chi connectivity index (χ0) is 18.8. The summed E-state index contributed by atoms with van der Waals surface area (Å²) in [5.41, 5.74) is -0.531. The average Bonchev–Trinajstić information content (AvgIpc) is 2.50. The smallest absolute Gasteiger partial charge is 0.295 e. The van der Waals surface area contributed by atoms with Crippen LogP contribution in [0, 0.1) is 5.82 Å². The summed E-state index contributed by atoms with van der Waals surface area (Å²) < 4.78 is 75.6. The van der Waals surface area contributed by atoms with Crippen molar-refractivity contribution >= 4 is 20.1 Å². The first-order valence-electron chi connectivity index (χ1n) is 7.11. The highest BCUT2D eigenvalue weighted by atomic mass is 32.2. The molecule has 0 saturated carbocycles. The van der Waals surface area contributed by atoms with E-state index in [-0.39, 0.29) is 17.9 Å². The molecule has 0 heterocycles. The Bertz CT molecular complexity index is 952. The summed E-state index contributed by atoms with van der Waals surface area (Å²) in [5.74, 6) is -0.684. The minimum Gasteiger partial charge on any atom is -0.493 e. The van der Waals surface area contributed by atoms with Crippen LogP contribution in [0.25, 0.3) is 11.1 Å². The number of nitrogens with two attached hydrogens (primary N) is 1. The van der Waals surface area contributed by atoms with Gasteiger partial charge in [-0.25, -0.2) is 17.9 Å². The van der Waals surface area contributed by atoms with E-state index in [2.05, 4.69) is 0 Å². The third-order valence-electron chi connectivity index (χ3n) is 3.21. The summed E-state index contributed by atoms with van der Waals surface area (Å²) in [7, 11) is -9.14. The van der Waals surface area contributed by atoms with Gasteiger partial charge in [0.2, 0.25) is 10.0 Å². The SMILES string of the molecule is CCCOc1cc(F)cc(-c2c(S(N)(=O)=O)cccc2S(=O)(=O)O)c1. The Morgan fingerprint density at radius 1 is 1.12 bits per heavy atom. The molecular weight excluding hydrogens is 373 g/mol. The van der Waals surface area contributed by atoms with E-state index < -0.39 is 41.3 Å². The highest BCUT2D eigenvalue weighted by Crippen LogP contribution is 2.35. The molecule has 0 radical (unpaired) electrons. The van der Waals surface area contributed by atoms with Gasteiger partial charge >= 0.3 is 0 Å². The first kappa shape index (κ1) is 19.3. The number of hydrogen-bond acceptors (Lipinski definition) is 5. The van der Waals surface area contributed by atoms with E-state index in [9.17, 15) is 25.8 Å². The third kappa shape index (κ3) is 4.54. The molecule has 0 fully saturated rings. The van der Waals surface area contributed by atoms with E-state index in [0.717, 1.165) is 30.3 Å². The molecule has 0 aliphatic rings. The van der Waals surface area contributed by atoms with Crippen molar-refractivity contribution in [1.29, 1.82) is 0 Å². The van der Waals surface area contributed by atoms with Crippen LogP contribution >= 0.6 is 0 Å². The van der Waals surface area contributed by atoms with Crippen LogP contribution in [0.5, 0.6) is 5.75 Å². The zero-order valence-corrected chi connectivity index (χ0v) is 14.8. The molecule has 0 aromatic heterocycles. The second-order valence-electron chi connectivity index (χ2n) is 5.17. The van der Waals surface area contributed by atoms with E-state index in [1.54, 1.807) is 0 Å². The van der Waals surface area contributed by atoms with E-state index in [1.165, 1.54) is 6.07 Å². The Morgan fingerprint density at radius 2 is 1.76 bits per heavy atom. The van der Waals surface area contributed by atoms with Crippen LogP contribution < -0.4 is 9.88 Å². The number of rotatable bonds is 6. The number of ether oxygens (including phenoxy) is 1. The van der Waals surface area contributed by atoms with Crippen molar-refractivity contribution in [2.45, 2.75) is 23.1 Å². The fraction of sp³-hybridized carbons (Fsp3) is 0.200. The molecule has 0 unspecified atom stereocenters. The molecule has 0 aliphatic heterocycles. The van der Waals surface area contributed by atoms with Gasteiger partial charge in [-0.1, -0.05) is 13.0 Å². The van der Waals surface area contributed by atoms with E-state index in [0.29, 0.717) is 6.42 Å². The Balaban J connectivity index is 2.84. The van der Waals surface area contributed by atoms with E-state index in [1.807, 2.05) is 6.92 Å². The van der Waals surface area contributed by atoms with Crippen LogP contribution in [0.1, 0.15) is 13.3 Å². The highest BCUT2D eigenvalue weighted by molar-refractivity contribution is 7.89. The van der Waals surface area contributed by atoms with Crippen LogP contribution in [0.3, 0.4) is 0 Å². The first-order chi connectivity index (χ1) is 11.5. The molecule has 0 aliphatic carbocycles. The average molecular weight is 389 g/mol. The van der Waals surface area contributed by atoms with Gasteiger partial charge < -0.3 is 4.74 Å². The van der Waals surface area contributed by atoms with Gasteiger partial charge in [0.15, 0.2) is 0 Å². The summed E-state index contributed by atoms with van der Waals surface area (Å²) >= 11 is 0. The summed E-state index contributed by atoms with van der Waals surface area (Å²) in [6, 6.07) is 6.45. The normalized spacial score (nSPS) is 12.2. The minimum atomic E-state index is -4.79. The Hall–Kier alpha value is -2.01. The molecule has 25 heavy (non-hydrogen) atoms. The molecule has 2 rings (SSSR count). The maximum absolute atomic E-state index is 13.9. The number of halogens is 1. The molecule has 7 nitrogen and oxygen atoms in total. The molecular formula is C15H16FNO6S2. The summed E-state index contributed by atoms with van der Waals surface area (Å²) in [6.07, 6.45) is 0.649. The molecule has 0 saturated heterocycles. The Morgan fingerprint density at radius 3 is 2.32 bits per heavy atom. The summed E-state index contributed by atoms with van der Waals surface area (Å²) in [6.45, 7) is 2.12. The van der Waals surface area contributed by atoms with E-state index >= 15 is 0 Å². The number of sulfonamides is 1. The van der Waals surface area contributed by atoms with Crippen LogP contribution in [-0.4, -0.2) is 28.0 Å². The van der Waals surface area contributed by atoms with E-state index in [4.69, 9.17) is 9.88 Å². The van der Waals surface area contributed by atoms with Gasteiger partial charge in [-0.15, -0.1) is 0 Å². The molecule has 10 heteroatoms. The third-order valence-corrected chi connectivity index (χ3v) is 5.05. The van der Waals surface area contributed by atoms with Crippen molar-refractivity contribution in [3.8, 4) is 16.9 Å². The first-order valence-corrected chi connectivity index (χ1v) is 10.1. The zero-order valence-electron chi connectivity index (χ0n) is 13.1. The van der Waals surface area contributed by atoms with Gasteiger partial charge in [-0.3, -0.25) is 4.55 Å². The van der Waals surface area contributed by atoms with Crippen molar-refractivity contribution in [1.82, 2.24) is 0 Å². The van der Waals surface area contributed by atoms with Gasteiger partial charge in [0.05, 0.1) is 11.5 Å². The second-order valence-corrected chi connectivity index (χ2v) is 8.09. The maximum Gasteiger partial charge on any atom is 0.295 e. The number of primary sulfonamides is 1. The lowest BCUT2D eigenvalue weighted by Crippen LogP contribution is -2.15. The highest BCUT2D eigenvalue weighted by Gasteiger charge is 2.25. The standard InChI is InChI=1S/C15H16FNO6S2/c1-2-6-23-12-8-10(7-11(16)9-12)15-13(24(17,18)19)4-3-5-14(15)25(20,21)22/h3-5,7-9H,2,6H2,1H3,(H2,17,18,19)(H,20,21,22). The molecule has 0 spiro atoms. The monoisotopic (exact) mass is 389 g/mol. The van der Waals surface area contributed by atoms with Gasteiger partial charge in [0, 0.05) is 11.6 Å². The van der Waals surface area contributed by atoms with Gasteiger partial charge in [-0.05, 0) is 36.2 Å². The topological polar surface area (TPSA) is 124 Å². The van der Waals surface area contributed by atoms with Crippen LogP contribution in [-0.2, 0) is 20.1 Å². The minimum absolute atomic E-state index is 0.0855. The largest absolute Gasteiger partial charge is 0.493 e. The van der Waals surface area contributed by atoms with Gasteiger partial charge in [-0.2, -0.15) is 8.42 Å². The van der Waals surface area contributed by atoms with Crippen molar-refractivity contribution in [2.24, 2.45) is 5.14 Å². The van der Waals surface area contributed by atoms with Crippen molar-refractivity contribution < 1.29 is 30.5 Å². The quantitative estimate of drug-likeness (QED) is 0.730. The van der Waals surface area contributed by atoms with Gasteiger partial charge in [0.1, 0.15) is 16.5 Å².